The number of morpholine rings is 1. The van der Waals surface area contributed by atoms with Crippen molar-refractivity contribution in [2.24, 2.45) is 0 Å². The largest absolute Gasteiger partial charge is 0.396 e. The molecule has 3 heterocycles. The molecule has 4 rings (SSSR count). The monoisotopic (exact) mass is 357 g/mol. The van der Waals surface area contributed by atoms with Gasteiger partial charge < -0.3 is 19.7 Å². The Morgan fingerprint density at radius 3 is 2.81 bits per heavy atom. The van der Waals surface area contributed by atoms with E-state index in [1.807, 2.05) is 19.1 Å². The van der Waals surface area contributed by atoms with E-state index in [1.165, 1.54) is 0 Å². The summed E-state index contributed by atoms with van der Waals surface area (Å²) in [5.74, 6) is 0.777. The lowest BCUT2D eigenvalue weighted by atomic mass is 9.76. The number of aryl methyl sites for hydroxylation is 2. The van der Waals surface area contributed by atoms with Gasteiger partial charge in [-0.25, -0.2) is 0 Å². The highest BCUT2D eigenvalue weighted by atomic mass is 16.5. The standard InChI is InChI=1S/C20H27N3O3/c1-3-17-19(14(2)26-22-17)20(13-23-8-10-25-11-9-23)16(12-24)15-6-4-5-7-18(15)21-20/h4-7,16,21,24H,3,8-13H2,1-2H3. The number of aromatic nitrogens is 1. The molecule has 140 valence electrons. The maximum atomic E-state index is 10.4. The number of benzene rings is 1. The minimum atomic E-state index is -0.453. The molecule has 2 atom stereocenters. The van der Waals surface area contributed by atoms with Gasteiger partial charge in [0, 0.05) is 36.8 Å². The average Bonchev–Trinajstić information content (AvgIpc) is 3.19. The molecule has 1 aromatic carbocycles. The fourth-order valence-corrected chi connectivity index (χ4v) is 4.57. The van der Waals surface area contributed by atoms with E-state index in [1.54, 1.807) is 0 Å². The van der Waals surface area contributed by atoms with Crippen molar-refractivity contribution in [2.75, 3.05) is 44.8 Å². The summed E-state index contributed by atoms with van der Waals surface area (Å²) in [6.07, 6.45) is 0.799. The van der Waals surface area contributed by atoms with Gasteiger partial charge >= 0.3 is 0 Å². The SMILES string of the molecule is CCc1noc(C)c1C1(CN2CCOCC2)Nc2ccccc2C1CO. The topological polar surface area (TPSA) is 70.8 Å². The Labute approximate surface area is 154 Å². The van der Waals surface area contributed by atoms with Gasteiger partial charge in [-0.1, -0.05) is 30.3 Å². The molecule has 0 aliphatic carbocycles. The third kappa shape index (κ3) is 2.73. The summed E-state index contributed by atoms with van der Waals surface area (Å²) in [4.78, 5) is 2.41. The first kappa shape index (κ1) is 17.5. The number of para-hydroxylation sites is 1. The molecular formula is C20H27N3O3. The minimum Gasteiger partial charge on any atom is -0.396 e. The third-order valence-corrected chi connectivity index (χ3v) is 5.76. The molecule has 26 heavy (non-hydrogen) atoms. The number of hydrogen-bond acceptors (Lipinski definition) is 6. The predicted octanol–water partition coefficient (Wildman–Crippen LogP) is 2.27. The van der Waals surface area contributed by atoms with Crippen LogP contribution in [0.3, 0.4) is 0 Å². The van der Waals surface area contributed by atoms with Crippen LogP contribution in [0.4, 0.5) is 5.69 Å². The van der Waals surface area contributed by atoms with E-state index < -0.39 is 5.54 Å². The van der Waals surface area contributed by atoms with Crippen LogP contribution >= 0.6 is 0 Å². The van der Waals surface area contributed by atoms with Crippen molar-refractivity contribution in [1.82, 2.24) is 10.1 Å². The molecule has 1 saturated heterocycles. The minimum absolute atomic E-state index is 0.0510. The van der Waals surface area contributed by atoms with Crippen molar-refractivity contribution < 1.29 is 14.4 Å². The van der Waals surface area contributed by atoms with Crippen LogP contribution in [0.25, 0.3) is 0 Å². The Morgan fingerprint density at radius 1 is 1.31 bits per heavy atom. The fourth-order valence-electron chi connectivity index (χ4n) is 4.57. The molecule has 2 aliphatic rings. The van der Waals surface area contributed by atoms with E-state index in [9.17, 15) is 5.11 Å². The van der Waals surface area contributed by atoms with Gasteiger partial charge in [-0.05, 0) is 25.0 Å². The number of anilines is 1. The maximum absolute atomic E-state index is 10.4. The van der Waals surface area contributed by atoms with E-state index >= 15 is 0 Å². The molecule has 6 nitrogen and oxygen atoms in total. The van der Waals surface area contributed by atoms with Gasteiger partial charge in [-0.3, -0.25) is 4.90 Å². The Hall–Kier alpha value is -1.89. The number of rotatable bonds is 5. The third-order valence-electron chi connectivity index (χ3n) is 5.76. The molecule has 0 bridgehead atoms. The molecule has 0 radical (unpaired) electrons. The van der Waals surface area contributed by atoms with Gasteiger partial charge in [-0.2, -0.15) is 0 Å². The zero-order valence-electron chi connectivity index (χ0n) is 15.5. The van der Waals surface area contributed by atoms with Crippen LogP contribution in [0, 0.1) is 6.92 Å². The normalized spacial score (nSPS) is 25.9. The number of nitrogens with one attached hydrogen (secondary N) is 1. The Kier molecular flexibility index (Phi) is 4.73. The van der Waals surface area contributed by atoms with Crippen LogP contribution in [0.5, 0.6) is 0 Å². The number of aliphatic hydroxyl groups is 1. The second kappa shape index (κ2) is 7.02. The van der Waals surface area contributed by atoms with Crippen molar-refractivity contribution in [1.29, 1.82) is 0 Å². The van der Waals surface area contributed by atoms with Crippen molar-refractivity contribution in [3.05, 3.63) is 46.8 Å². The molecule has 0 saturated carbocycles. The molecule has 2 unspecified atom stereocenters. The van der Waals surface area contributed by atoms with E-state index in [-0.39, 0.29) is 12.5 Å². The van der Waals surface area contributed by atoms with Crippen molar-refractivity contribution >= 4 is 5.69 Å². The van der Waals surface area contributed by atoms with E-state index in [0.717, 1.165) is 67.5 Å². The molecule has 6 heteroatoms. The van der Waals surface area contributed by atoms with Crippen molar-refractivity contribution in [2.45, 2.75) is 31.7 Å². The zero-order valence-corrected chi connectivity index (χ0v) is 15.5. The molecule has 2 N–H and O–H groups in total. The van der Waals surface area contributed by atoms with Gasteiger partial charge in [0.25, 0.3) is 0 Å². The van der Waals surface area contributed by atoms with Crippen LogP contribution in [-0.2, 0) is 16.7 Å². The van der Waals surface area contributed by atoms with Gasteiger partial charge in [-0.15, -0.1) is 0 Å². The summed E-state index contributed by atoms with van der Waals surface area (Å²) in [5, 5.41) is 18.5. The summed E-state index contributed by atoms with van der Waals surface area (Å²) in [6.45, 7) is 8.20. The van der Waals surface area contributed by atoms with E-state index in [0.29, 0.717) is 0 Å². The van der Waals surface area contributed by atoms with Crippen LogP contribution in [0.15, 0.2) is 28.8 Å². The van der Waals surface area contributed by atoms with Crippen LogP contribution in [0.1, 0.15) is 35.4 Å². The number of fused-ring (bicyclic) bond motifs is 1. The fraction of sp³-hybridized carbons (Fsp3) is 0.550. The predicted molar refractivity (Wildman–Crippen MR) is 99.4 cm³/mol. The first-order chi connectivity index (χ1) is 12.7. The summed E-state index contributed by atoms with van der Waals surface area (Å²) in [5.41, 5.74) is 3.86. The number of aliphatic hydroxyl groups excluding tert-OH is 1. The lowest BCUT2D eigenvalue weighted by Gasteiger charge is -2.41. The second-order valence-electron chi connectivity index (χ2n) is 7.22. The number of nitrogens with zero attached hydrogens (tertiary/aromatic N) is 2. The molecule has 1 fully saturated rings. The van der Waals surface area contributed by atoms with Crippen molar-refractivity contribution in [3.63, 3.8) is 0 Å². The van der Waals surface area contributed by atoms with Crippen LogP contribution in [-0.4, -0.2) is 54.6 Å². The molecule has 1 aromatic heterocycles. The van der Waals surface area contributed by atoms with Crippen molar-refractivity contribution in [3.8, 4) is 0 Å². The Balaban J connectivity index is 1.83. The van der Waals surface area contributed by atoms with Gasteiger partial charge in [0.05, 0.1) is 31.1 Å². The molecule has 2 aromatic rings. The van der Waals surface area contributed by atoms with E-state index in [4.69, 9.17) is 9.26 Å². The van der Waals surface area contributed by atoms with Crippen LogP contribution < -0.4 is 5.32 Å². The Bertz CT molecular complexity index is 769. The highest BCUT2D eigenvalue weighted by Crippen LogP contribution is 2.50. The molecular weight excluding hydrogens is 330 g/mol. The summed E-state index contributed by atoms with van der Waals surface area (Å²) in [6, 6.07) is 8.27. The van der Waals surface area contributed by atoms with Gasteiger partial charge in [0.2, 0.25) is 0 Å². The highest BCUT2D eigenvalue weighted by Gasteiger charge is 2.51. The summed E-state index contributed by atoms with van der Waals surface area (Å²) >= 11 is 0. The second-order valence-corrected chi connectivity index (χ2v) is 7.22. The first-order valence-electron chi connectivity index (χ1n) is 9.43. The van der Waals surface area contributed by atoms with Gasteiger partial charge in [0.15, 0.2) is 0 Å². The molecule has 0 amide bonds. The molecule has 2 aliphatic heterocycles. The molecule has 0 spiro atoms. The maximum Gasteiger partial charge on any atom is 0.139 e. The lowest BCUT2D eigenvalue weighted by Crippen LogP contribution is -2.51. The van der Waals surface area contributed by atoms with Gasteiger partial charge in [0.1, 0.15) is 5.76 Å². The first-order valence-corrected chi connectivity index (χ1v) is 9.43. The lowest BCUT2D eigenvalue weighted by molar-refractivity contribution is 0.0249. The van der Waals surface area contributed by atoms with E-state index in [2.05, 4.69) is 34.4 Å². The summed E-state index contributed by atoms with van der Waals surface area (Å²) < 4.78 is 11.1. The smallest absolute Gasteiger partial charge is 0.139 e. The quantitative estimate of drug-likeness (QED) is 0.855. The summed E-state index contributed by atoms with van der Waals surface area (Å²) in [7, 11) is 0. The number of ether oxygens (including phenoxy) is 1. The zero-order chi connectivity index (χ0) is 18.1. The average molecular weight is 357 g/mol. The Morgan fingerprint density at radius 2 is 2.08 bits per heavy atom. The van der Waals surface area contributed by atoms with Crippen LogP contribution in [0.2, 0.25) is 0 Å². The highest BCUT2D eigenvalue weighted by molar-refractivity contribution is 5.64. The number of hydrogen-bond donors (Lipinski definition) is 2.